The molecule has 2 aliphatic rings. The van der Waals surface area contributed by atoms with Crippen molar-refractivity contribution >= 4 is 11.6 Å². The molecule has 1 N–H and O–H groups in total. The molecule has 136 valence electrons. The molecule has 1 saturated heterocycles. The normalized spacial score (nSPS) is 20.6. The Morgan fingerprint density at radius 2 is 1.76 bits per heavy atom. The maximum Gasteiger partial charge on any atom is 0.248 e. The Labute approximate surface area is 150 Å². The zero-order valence-corrected chi connectivity index (χ0v) is 15.6. The summed E-state index contributed by atoms with van der Waals surface area (Å²) in [5, 5.41) is 3.52. The number of ether oxygens (including phenoxy) is 2. The van der Waals surface area contributed by atoms with Crippen LogP contribution in [0.15, 0.2) is 18.2 Å². The SMILES string of the molecule is COc1cc2c(cc1OC)/C(=C/C(=O)N1CCCCC1)NC(C)(C)C2. The largest absolute Gasteiger partial charge is 0.493 e. The Hall–Kier alpha value is -2.17. The first-order valence-corrected chi connectivity index (χ1v) is 8.97. The van der Waals surface area contributed by atoms with Gasteiger partial charge in [0.2, 0.25) is 5.91 Å². The van der Waals surface area contributed by atoms with Crippen molar-refractivity contribution in [3.05, 3.63) is 29.3 Å². The molecule has 0 saturated carbocycles. The Kier molecular flexibility index (Phi) is 4.93. The summed E-state index contributed by atoms with van der Waals surface area (Å²) >= 11 is 0. The van der Waals surface area contributed by atoms with E-state index in [9.17, 15) is 4.79 Å². The molecule has 0 unspecified atom stereocenters. The van der Waals surface area contributed by atoms with Crippen LogP contribution in [0.1, 0.15) is 44.2 Å². The van der Waals surface area contributed by atoms with Crippen LogP contribution in [0.3, 0.4) is 0 Å². The van der Waals surface area contributed by atoms with Gasteiger partial charge in [0, 0.05) is 36.0 Å². The summed E-state index contributed by atoms with van der Waals surface area (Å²) in [5.74, 6) is 1.49. The van der Waals surface area contributed by atoms with Gasteiger partial charge in [0.15, 0.2) is 11.5 Å². The molecule has 0 aromatic heterocycles. The quantitative estimate of drug-likeness (QED) is 0.857. The Morgan fingerprint density at radius 1 is 1.12 bits per heavy atom. The van der Waals surface area contributed by atoms with Crippen LogP contribution in [-0.2, 0) is 11.2 Å². The van der Waals surface area contributed by atoms with E-state index in [0.29, 0.717) is 5.75 Å². The van der Waals surface area contributed by atoms with Crippen LogP contribution < -0.4 is 14.8 Å². The lowest BCUT2D eigenvalue weighted by atomic mass is 9.85. The highest BCUT2D eigenvalue weighted by atomic mass is 16.5. The molecule has 1 fully saturated rings. The number of piperidine rings is 1. The lowest BCUT2D eigenvalue weighted by Crippen LogP contribution is -2.44. The average molecular weight is 344 g/mol. The summed E-state index contributed by atoms with van der Waals surface area (Å²) in [5.41, 5.74) is 2.92. The first-order chi connectivity index (χ1) is 11.9. The maximum absolute atomic E-state index is 12.7. The van der Waals surface area contributed by atoms with E-state index in [4.69, 9.17) is 9.47 Å². The molecule has 1 amide bonds. The average Bonchev–Trinajstić information content (AvgIpc) is 2.60. The highest BCUT2D eigenvalue weighted by molar-refractivity contribution is 5.96. The first-order valence-electron chi connectivity index (χ1n) is 8.97. The molecule has 0 spiro atoms. The van der Waals surface area contributed by atoms with Crippen LogP contribution in [0.4, 0.5) is 0 Å². The zero-order valence-electron chi connectivity index (χ0n) is 15.6. The topological polar surface area (TPSA) is 50.8 Å². The molecule has 25 heavy (non-hydrogen) atoms. The van der Waals surface area contributed by atoms with Gasteiger partial charge in [-0.15, -0.1) is 0 Å². The summed E-state index contributed by atoms with van der Waals surface area (Å²) in [7, 11) is 3.28. The number of carbonyl (C=O) groups excluding carboxylic acids is 1. The summed E-state index contributed by atoms with van der Waals surface area (Å²) in [6, 6.07) is 3.99. The summed E-state index contributed by atoms with van der Waals surface area (Å²) in [4.78, 5) is 14.7. The second-order valence-corrected chi connectivity index (χ2v) is 7.49. The van der Waals surface area contributed by atoms with E-state index in [1.807, 2.05) is 17.0 Å². The predicted octanol–water partition coefficient (Wildman–Crippen LogP) is 2.98. The van der Waals surface area contributed by atoms with E-state index in [0.717, 1.165) is 49.4 Å². The predicted molar refractivity (Wildman–Crippen MR) is 98.9 cm³/mol. The molecule has 5 heteroatoms. The van der Waals surface area contributed by atoms with Gasteiger partial charge in [-0.2, -0.15) is 0 Å². The number of benzene rings is 1. The van der Waals surface area contributed by atoms with Crippen LogP contribution in [0, 0.1) is 0 Å². The van der Waals surface area contributed by atoms with Crippen LogP contribution in [-0.4, -0.2) is 43.7 Å². The third kappa shape index (κ3) is 3.75. The molecule has 0 bridgehead atoms. The van der Waals surface area contributed by atoms with E-state index in [2.05, 4.69) is 19.2 Å². The summed E-state index contributed by atoms with van der Waals surface area (Å²) < 4.78 is 10.9. The van der Waals surface area contributed by atoms with Crippen molar-refractivity contribution in [3.8, 4) is 11.5 Å². The van der Waals surface area contributed by atoms with Crippen molar-refractivity contribution in [3.63, 3.8) is 0 Å². The van der Waals surface area contributed by atoms with E-state index in [1.165, 1.54) is 12.0 Å². The van der Waals surface area contributed by atoms with Crippen molar-refractivity contribution in [2.45, 2.75) is 45.1 Å². The monoisotopic (exact) mass is 344 g/mol. The molecule has 2 aliphatic heterocycles. The fourth-order valence-corrected chi connectivity index (χ4v) is 3.71. The number of amides is 1. The lowest BCUT2D eigenvalue weighted by molar-refractivity contribution is -0.126. The number of hydrogen-bond acceptors (Lipinski definition) is 4. The number of fused-ring (bicyclic) bond motifs is 1. The number of nitrogens with one attached hydrogen (secondary N) is 1. The van der Waals surface area contributed by atoms with E-state index in [-0.39, 0.29) is 11.4 Å². The second kappa shape index (κ2) is 6.98. The zero-order chi connectivity index (χ0) is 18.0. The van der Waals surface area contributed by atoms with Gasteiger partial charge in [0.1, 0.15) is 0 Å². The third-order valence-electron chi connectivity index (χ3n) is 4.94. The molecular weight excluding hydrogens is 316 g/mol. The number of hydrogen-bond donors (Lipinski definition) is 1. The first kappa shape index (κ1) is 17.6. The molecule has 0 radical (unpaired) electrons. The summed E-state index contributed by atoms with van der Waals surface area (Å²) in [6.45, 7) is 5.99. The smallest absolute Gasteiger partial charge is 0.248 e. The molecule has 2 heterocycles. The minimum Gasteiger partial charge on any atom is -0.493 e. The third-order valence-corrected chi connectivity index (χ3v) is 4.94. The van der Waals surface area contributed by atoms with Crippen molar-refractivity contribution in [2.24, 2.45) is 0 Å². The van der Waals surface area contributed by atoms with E-state index >= 15 is 0 Å². The molecule has 0 aliphatic carbocycles. The Bertz CT molecular complexity index is 688. The van der Waals surface area contributed by atoms with Gasteiger partial charge < -0.3 is 19.7 Å². The van der Waals surface area contributed by atoms with Crippen LogP contribution in [0.5, 0.6) is 11.5 Å². The Balaban J connectivity index is 1.99. The maximum atomic E-state index is 12.7. The number of carbonyl (C=O) groups is 1. The fraction of sp³-hybridized carbons (Fsp3) is 0.550. The molecule has 5 nitrogen and oxygen atoms in total. The molecule has 0 atom stereocenters. The van der Waals surface area contributed by atoms with Gasteiger partial charge in [-0.05, 0) is 57.2 Å². The van der Waals surface area contributed by atoms with Gasteiger partial charge >= 0.3 is 0 Å². The van der Waals surface area contributed by atoms with Gasteiger partial charge in [-0.25, -0.2) is 0 Å². The van der Waals surface area contributed by atoms with Crippen LogP contribution in [0.2, 0.25) is 0 Å². The van der Waals surface area contributed by atoms with Crippen molar-refractivity contribution < 1.29 is 14.3 Å². The molecular formula is C20H28N2O3. The molecule has 1 aromatic carbocycles. The number of rotatable bonds is 3. The van der Waals surface area contributed by atoms with Crippen molar-refractivity contribution in [2.75, 3.05) is 27.3 Å². The van der Waals surface area contributed by atoms with E-state index < -0.39 is 0 Å². The number of likely N-dealkylation sites (tertiary alicyclic amines) is 1. The van der Waals surface area contributed by atoms with Crippen molar-refractivity contribution in [1.82, 2.24) is 10.2 Å². The minimum absolute atomic E-state index is 0.0839. The van der Waals surface area contributed by atoms with Crippen molar-refractivity contribution in [1.29, 1.82) is 0 Å². The van der Waals surface area contributed by atoms with Gasteiger partial charge in [0.05, 0.1) is 14.2 Å². The van der Waals surface area contributed by atoms with Crippen LogP contribution >= 0.6 is 0 Å². The highest BCUT2D eigenvalue weighted by Gasteiger charge is 2.30. The standard InChI is InChI=1S/C20H28N2O3/c1-20(2)13-14-10-17(24-3)18(25-4)11-15(14)16(21-20)12-19(23)22-8-6-5-7-9-22/h10-12,21H,5-9,13H2,1-4H3/b16-12-. The number of nitrogens with zero attached hydrogens (tertiary/aromatic N) is 1. The van der Waals surface area contributed by atoms with Gasteiger partial charge in [0.25, 0.3) is 0 Å². The van der Waals surface area contributed by atoms with Gasteiger partial charge in [-0.1, -0.05) is 0 Å². The molecule has 3 rings (SSSR count). The summed E-state index contributed by atoms with van der Waals surface area (Å²) in [6.07, 6.45) is 6.01. The van der Waals surface area contributed by atoms with Gasteiger partial charge in [-0.3, -0.25) is 4.79 Å². The second-order valence-electron chi connectivity index (χ2n) is 7.49. The number of methoxy groups -OCH3 is 2. The minimum atomic E-state index is -0.124. The Morgan fingerprint density at radius 3 is 2.40 bits per heavy atom. The lowest BCUT2D eigenvalue weighted by Gasteiger charge is -2.36. The molecule has 1 aromatic rings. The van der Waals surface area contributed by atoms with Crippen LogP contribution in [0.25, 0.3) is 5.70 Å². The fourth-order valence-electron chi connectivity index (χ4n) is 3.71. The van der Waals surface area contributed by atoms with E-state index in [1.54, 1.807) is 20.3 Å². The highest BCUT2D eigenvalue weighted by Crippen LogP contribution is 2.38.